The predicted molar refractivity (Wildman–Crippen MR) is 182 cm³/mol. The van der Waals surface area contributed by atoms with Gasteiger partial charge in [-0.1, -0.05) is 121 Å². The third-order valence-electron chi connectivity index (χ3n) is 9.63. The number of Topliss-reactive ketones (excluding diaryl/α,β-unsaturated/α-hetero) is 1. The Kier molecular flexibility index (Phi) is 7.03. The second-order valence-corrected chi connectivity index (χ2v) is 12.5. The lowest BCUT2D eigenvalue weighted by Crippen LogP contribution is -2.51. The molecule has 6 nitrogen and oxygen atoms in total. The Hall–Kier alpha value is -5.46. The lowest BCUT2D eigenvalue weighted by molar-refractivity contribution is -0.150. The molecule has 5 aromatic rings. The van der Waals surface area contributed by atoms with Gasteiger partial charge in [-0.05, 0) is 58.7 Å². The summed E-state index contributed by atoms with van der Waals surface area (Å²) in [5, 5.41) is 3.54. The Morgan fingerprint density at radius 3 is 2.09 bits per heavy atom. The second kappa shape index (κ2) is 11.4. The molecule has 3 aliphatic rings. The molecule has 0 bridgehead atoms. The number of fused-ring (bicyclic) bond motifs is 6. The summed E-state index contributed by atoms with van der Waals surface area (Å²) in [6.45, 7) is 0. The zero-order valence-electron chi connectivity index (χ0n) is 25.1. The summed E-state index contributed by atoms with van der Waals surface area (Å²) < 4.78 is 6.52. The fraction of sp³-hybridized carbons (Fsp3) is 0.125. The second-order valence-electron chi connectivity index (χ2n) is 12.1. The number of carbonyl (C=O) groups excluding carboxylic acids is 3. The van der Waals surface area contributed by atoms with Gasteiger partial charge in [-0.25, -0.2) is 4.79 Å². The fourth-order valence-corrected chi connectivity index (χ4v) is 7.78. The SMILES string of the molecule is O=C(OC(c1ccccc1)c1ccccc1)[C@@H]1[C@H](C(=O)c2ccc(Cl)cc2)[C@]2(C(=O)Nc3ccccc32)[C@H]2C=Cc3ccccc3N12. The molecule has 1 N–H and O–H groups in total. The molecule has 0 aromatic heterocycles. The van der Waals surface area contributed by atoms with Crippen molar-refractivity contribution in [2.75, 3.05) is 10.2 Å². The van der Waals surface area contributed by atoms with Crippen LogP contribution in [-0.4, -0.2) is 29.7 Å². The predicted octanol–water partition coefficient (Wildman–Crippen LogP) is 7.65. The molecule has 47 heavy (non-hydrogen) atoms. The quantitative estimate of drug-likeness (QED) is 0.153. The summed E-state index contributed by atoms with van der Waals surface area (Å²) in [5.74, 6) is -2.42. The van der Waals surface area contributed by atoms with Gasteiger partial charge in [-0.2, -0.15) is 0 Å². The number of carbonyl (C=O) groups is 3. The van der Waals surface area contributed by atoms with E-state index < -0.39 is 35.5 Å². The molecule has 3 heterocycles. The highest BCUT2D eigenvalue weighted by atomic mass is 35.5. The topological polar surface area (TPSA) is 75.7 Å². The van der Waals surface area contributed by atoms with Crippen LogP contribution < -0.4 is 10.2 Å². The van der Waals surface area contributed by atoms with E-state index in [-0.39, 0.29) is 11.7 Å². The highest BCUT2D eigenvalue weighted by Crippen LogP contribution is 2.58. The molecule has 0 radical (unpaired) electrons. The van der Waals surface area contributed by atoms with Crippen molar-refractivity contribution < 1.29 is 19.1 Å². The van der Waals surface area contributed by atoms with E-state index >= 15 is 4.79 Å². The van der Waals surface area contributed by atoms with Crippen LogP contribution in [0.15, 0.2) is 140 Å². The van der Waals surface area contributed by atoms with Gasteiger partial charge >= 0.3 is 5.97 Å². The van der Waals surface area contributed by atoms with Crippen LogP contribution in [0, 0.1) is 5.92 Å². The first kappa shape index (κ1) is 29.0. The largest absolute Gasteiger partial charge is 0.451 e. The number of halogens is 1. The van der Waals surface area contributed by atoms with Crippen molar-refractivity contribution in [1.29, 1.82) is 0 Å². The molecule has 3 aliphatic heterocycles. The first-order valence-electron chi connectivity index (χ1n) is 15.5. The number of hydrogen-bond acceptors (Lipinski definition) is 5. The molecule has 1 spiro atoms. The molecular weight excluding hydrogens is 608 g/mol. The number of hydrogen-bond donors (Lipinski definition) is 1. The van der Waals surface area contributed by atoms with Gasteiger partial charge in [-0.15, -0.1) is 0 Å². The molecule has 230 valence electrons. The van der Waals surface area contributed by atoms with Gasteiger partial charge in [-0.3, -0.25) is 9.59 Å². The average Bonchev–Trinajstić information content (AvgIpc) is 3.60. The molecule has 4 atom stereocenters. The molecular formula is C40H29ClN2O4. The first-order valence-corrected chi connectivity index (χ1v) is 15.9. The highest BCUT2D eigenvalue weighted by Gasteiger charge is 2.71. The number of nitrogens with one attached hydrogen (secondary N) is 1. The number of rotatable bonds is 6. The standard InChI is InChI=1S/C40H29ClN2O4/c41-29-22-19-26(20-23-29)36(44)34-35(38(45)47-37(27-12-3-1-4-13-27)28-14-5-2-6-15-28)43-32-18-10-7-11-25(32)21-24-33(43)40(34)30-16-8-9-17-31(30)42-39(40)46/h1-24,33-35,37H,(H,42,46)/t33-,34-,35+,40-/m1/s1. The van der Waals surface area contributed by atoms with Gasteiger partial charge in [0.15, 0.2) is 11.9 Å². The normalized spacial score (nSPS) is 22.0. The molecule has 7 heteroatoms. The summed E-state index contributed by atoms with van der Waals surface area (Å²) in [6.07, 6.45) is 3.18. The zero-order valence-corrected chi connectivity index (χ0v) is 25.9. The summed E-state index contributed by atoms with van der Waals surface area (Å²) in [7, 11) is 0. The minimum atomic E-state index is -1.43. The van der Waals surface area contributed by atoms with Gasteiger partial charge in [0.2, 0.25) is 5.91 Å². The van der Waals surface area contributed by atoms with E-state index in [4.69, 9.17) is 16.3 Å². The zero-order chi connectivity index (χ0) is 32.1. The summed E-state index contributed by atoms with van der Waals surface area (Å²) in [5.41, 5.74) is 3.43. The Bertz CT molecular complexity index is 2010. The van der Waals surface area contributed by atoms with E-state index in [1.807, 2.05) is 126 Å². The van der Waals surface area contributed by atoms with Gasteiger partial charge in [0.05, 0.1) is 12.0 Å². The number of nitrogens with zero attached hydrogens (tertiary/aromatic N) is 1. The van der Waals surface area contributed by atoms with E-state index in [2.05, 4.69) is 5.32 Å². The minimum absolute atomic E-state index is 0.331. The highest BCUT2D eigenvalue weighted by molar-refractivity contribution is 6.30. The molecule has 0 unspecified atom stereocenters. The van der Waals surface area contributed by atoms with Gasteiger partial charge in [0.1, 0.15) is 11.5 Å². The number of ether oxygens (including phenoxy) is 1. The smallest absolute Gasteiger partial charge is 0.330 e. The third-order valence-corrected chi connectivity index (χ3v) is 9.89. The van der Waals surface area contributed by atoms with Crippen LogP contribution in [0.25, 0.3) is 6.08 Å². The molecule has 1 saturated heterocycles. The maximum Gasteiger partial charge on any atom is 0.330 e. The van der Waals surface area contributed by atoms with E-state index in [0.29, 0.717) is 21.8 Å². The summed E-state index contributed by atoms with van der Waals surface area (Å²) >= 11 is 6.23. The van der Waals surface area contributed by atoms with E-state index in [9.17, 15) is 9.59 Å². The number of amides is 1. The van der Waals surface area contributed by atoms with E-state index in [0.717, 1.165) is 22.4 Å². The van der Waals surface area contributed by atoms with Gasteiger partial charge < -0.3 is 15.0 Å². The maximum absolute atomic E-state index is 15.0. The van der Waals surface area contributed by atoms with Crippen molar-refractivity contribution in [3.05, 3.63) is 172 Å². The Morgan fingerprint density at radius 2 is 1.38 bits per heavy atom. The van der Waals surface area contributed by atoms with Crippen LogP contribution in [0.1, 0.15) is 38.7 Å². The van der Waals surface area contributed by atoms with Crippen LogP contribution in [0.4, 0.5) is 11.4 Å². The first-order chi connectivity index (χ1) is 23.0. The fourth-order valence-electron chi connectivity index (χ4n) is 7.66. The van der Waals surface area contributed by atoms with Gasteiger partial charge in [0.25, 0.3) is 0 Å². The van der Waals surface area contributed by atoms with Crippen molar-refractivity contribution in [1.82, 2.24) is 0 Å². The number of ketones is 1. The monoisotopic (exact) mass is 636 g/mol. The van der Waals surface area contributed by atoms with Crippen LogP contribution in [0.2, 0.25) is 5.02 Å². The Labute approximate surface area is 277 Å². The summed E-state index contributed by atoms with van der Waals surface area (Å²) in [4.78, 5) is 46.5. The molecule has 8 rings (SSSR count). The van der Waals surface area contributed by atoms with Crippen LogP contribution in [-0.2, 0) is 19.7 Å². The van der Waals surface area contributed by atoms with E-state index in [1.165, 1.54) is 0 Å². The number of para-hydroxylation sites is 2. The number of benzene rings is 5. The van der Waals surface area contributed by atoms with Crippen LogP contribution in [0.3, 0.4) is 0 Å². The van der Waals surface area contributed by atoms with Crippen molar-refractivity contribution in [3.63, 3.8) is 0 Å². The summed E-state index contributed by atoms with van der Waals surface area (Å²) in [6, 6.07) is 39.0. The maximum atomic E-state index is 15.0. The van der Waals surface area contributed by atoms with Crippen molar-refractivity contribution in [3.8, 4) is 0 Å². The third kappa shape index (κ3) is 4.51. The lowest BCUT2D eigenvalue weighted by atomic mass is 9.64. The number of anilines is 2. The van der Waals surface area contributed by atoms with Crippen molar-refractivity contribution in [2.24, 2.45) is 5.92 Å². The van der Waals surface area contributed by atoms with Gasteiger partial charge in [0, 0.05) is 22.0 Å². The van der Waals surface area contributed by atoms with Crippen molar-refractivity contribution >= 4 is 46.7 Å². The van der Waals surface area contributed by atoms with Crippen LogP contribution >= 0.6 is 11.6 Å². The average molecular weight is 637 g/mol. The molecule has 1 fully saturated rings. The Balaban J connectivity index is 1.35. The molecule has 5 aromatic carbocycles. The van der Waals surface area contributed by atoms with Crippen molar-refractivity contribution in [2.45, 2.75) is 23.6 Å². The number of esters is 1. The molecule has 1 amide bonds. The minimum Gasteiger partial charge on any atom is -0.451 e. The lowest BCUT2D eigenvalue weighted by Gasteiger charge is -2.37. The molecule has 0 aliphatic carbocycles. The molecule has 0 saturated carbocycles. The van der Waals surface area contributed by atoms with E-state index in [1.54, 1.807) is 24.3 Å². The van der Waals surface area contributed by atoms with Crippen LogP contribution in [0.5, 0.6) is 0 Å². The Morgan fingerprint density at radius 1 is 0.766 bits per heavy atom.